The van der Waals surface area contributed by atoms with E-state index in [-0.39, 0.29) is 36.1 Å². The monoisotopic (exact) mass is 417 g/mol. The Labute approximate surface area is 177 Å². The lowest BCUT2D eigenvalue weighted by Crippen LogP contribution is -2.30. The van der Waals surface area contributed by atoms with Crippen molar-refractivity contribution < 1.29 is 9.59 Å². The molecule has 2 heterocycles. The van der Waals surface area contributed by atoms with Crippen LogP contribution in [0.1, 0.15) is 36.8 Å². The van der Waals surface area contributed by atoms with Gasteiger partial charge in [-0.1, -0.05) is 12.1 Å². The van der Waals surface area contributed by atoms with Gasteiger partial charge in [0.15, 0.2) is 0 Å². The topological polar surface area (TPSA) is 79.3 Å². The van der Waals surface area contributed by atoms with Gasteiger partial charge < -0.3 is 15.5 Å². The van der Waals surface area contributed by atoms with Gasteiger partial charge in [-0.2, -0.15) is 5.10 Å². The first kappa shape index (κ1) is 21.3. The third kappa shape index (κ3) is 4.97. The molecule has 2 fully saturated rings. The van der Waals surface area contributed by atoms with Crippen LogP contribution in [0.15, 0.2) is 36.7 Å². The van der Waals surface area contributed by atoms with Crippen LogP contribution in [0.4, 0.5) is 5.69 Å². The first-order valence-corrected chi connectivity index (χ1v) is 9.87. The van der Waals surface area contributed by atoms with Crippen molar-refractivity contribution in [2.24, 2.45) is 13.0 Å². The van der Waals surface area contributed by atoms with Gasteiger partial charge in [-0.3, -0.25) is 14.3 Å². The second kappa shape index (κ2) is 8.97. The smallest absolute Gasteiger partial charge is 0.229 e. The number of anilines is 1. The number of nitrogens with zero attached hydrogens (tertiary/aromatic N) is 3. The summed E-state index contributed by atoms with van der Waals surface area (Å²) in [7, 11) is 1.89. The molecule has 4 rings (SSSR count). The Hall–Kier alpha value is -2.38. The van der Waals surface area contributed by atoms with Gasteiger partial charge >= 0.3 is 0 Å². The molecule has 0 radical (unpaired) electrons. The maximum atomic E-state index is 12.8. The number of carbonyl (C=O) groups is 2. The number of hydrogen-bond acceptors (Lipinski definition) is 4. The number of halogens is 1. The van der Waals surface area contributed by atoms with Crippen molar-refractivity contribution >= 4 is 29.9 Å². The number of benzene rings is 1. The van der Waals surface area contributed by atoms with Crippen LogP contribution in [-0.2, 0) is 23.2 Å². The fraction of sp³-hybridized carbons (Fsp3) is 0.476. The first-order valence-electron chi connectivity index (χ1n) is 9.87. The van der Waals surface area contributed by atoms with Crippen LogP contribution in [-0.4, -0.2) is 45.6 Å². The maximum absolute atomic E-state index is 12.8. The summed E-state index contributed by atoms with van der Waals surface area (Å²) in [5.41, 5.74) is 2.95. The van der Waals surface area contributed by atoms with E-state index in [1.165, 1.54) is 0 Å². The fourth-order valence-corrected chi connectivity index (χ4v) is 3.94. The van der Waals surface area contributed by atoms with E-state index in [0.717, 1.165) is 36.2 Å². The van der Waals surface area contributed by atoms with Gasteiger partial charge in [0.2, 0.25) is 11.8 Å². The zero-order chi connectivity index (χ0) is 19.7. The number of carbonyl (C=O) groups excluding carboxylic acids is 2. The number of rotatable bonds is 6. The molecule has 2 aliphatic rings. The Morgan fingerprint density at radius 1 is 1.24 bits per heavy atom. The summed E-state index contributed by atoms with van der Waals surface area (Å²) >= 11 is 0. The van der Waals surface area contributed by atoms with Crippen LogP contribution < -0.4 is 10.6 Å². The molecule has 1 aliphatic carbocycles. The molecule has 1 saturated carbocycles. The Balaban J connectivity index is 0.00000240. The highest BCUT2D eigenvalue weighted by Gasteiger charge is 2.35. The lowest BCUT2D eigenvalue weighted by atomic mass is 9.90. The Bertz CT molecular complexity index is 862. The SMILES string of the molecule is CC(=O)N(Cc1ccc(NC(=O)[C@H]2CNC[C@@H]2c2cnn(C)c2)cc1)C1CC1.Cl. The molecule has 1 saturated heterocycles. The van der Waals surface area contributed by atoms with Crippen molar-refractivity contribution in [2.75, 3.05) is 18.4 Å². The lowest BCUT2D eigenvalue weighted by molar-refractivity contribution is -0.130. The summed E-state index contributed by atoms with van der Waals surface area (Å²) < 4.78 is 1.77. The highest BCUT2D eigenvalue weighted by atomic mass is 35.5. The van der Waals surface area contributed by atoms with Crippen LogP contribution in [0.25, 0.3) is 0 Å². The average molecular weight is 418 g/mol. The first-order chi connectivity index (χ1) is 13.5. The fourth-order valence-electron chi connectivity index (χ4n) is 3.94. The highest BCUT2D eigenvalue weighted by Crippen LogP contribution is 2.30. The minimum Gasteiger partial charge on any atom is -0.336 e. The average Bonchev–Trinajstić information content (AvgIpc) is 3.21. The molecular formula is C21H28ClN5O2. The van der Waals surface area contributed by atoms with Gasteiger partial charge in [0, 0.05) is 57.4 Å². The van der Waals surface area contributed by atoms with Crippen LogP contribution in [0, 0.1) is 5.92 Å². The summed E-state index contributed by atoms with van der Waals surface area (Å²) in [5.74, 6) is 0.160. The van der Waals surface area contributed by atoms with Crippen molar-refractivity contribution in [3.8, 4) is 0 Å². The molecule has 1 aromatic heterocycles. The van der Waals surface area contributed by atoms with E-state index in [0.29, 0.717) is 19.1 Å². The molecule has 2 aromatic rings. The molecule has 7 nitrogen and oxygen atoms in total. The maximum Gasteiger partial charge on any atom is 0.229 e. The van der Waals surface area contributed by atoms with E-state index in [1.54, 1.807) is 11.6 Å². The van der Waals surface area contributed by atoms with Gasteiger partial charge in [-0.25, -0.2) is 0 Å². The summed E-state index contributed by atoms with van der Waals surface area (Å²) in [6.07, 6.45) is 6.02. The summed E-state index contributed by atoms with van der Waals surface area (Å²) in [4.78, 5) is 26.5. The minimum atomic E-state index is -0.119. The van der Waals surface area contributed by atoms with Gasteiger partial charge in [-0.05, 0) is 36.1 Å². The third-order valence-electron chi connectivity index (χ3n) is 5.67. The van der Waals surface area contributed by atoms with Crippen LogP contribution in [0.2, 0.25) is 0 Å². The standard InChI is InChI=1S/C21H27N5O2.ClH/c1-14(27)26(18-7-8-18)12-15-3-5-17(6-4-15)24-21(28)20-11-22-10-19(20)16-9-23-25(2)13-16;/h3-6,9,13,18-20,22H,7-8,10-12H2,1-2H3,(H,24,28);1H/t19-,20+;/m1./s1. The molecule has 2 amide bonds. The van der Waals surface area contributed by atoms with E-state index in [2.05, 4.69) is 15.7 Å². The third-order valence-corrected chi connectivity index (χ3v) is 5.67. The second-order valence-electron chi connectivity index (χ2n) is 7.88. The largest absolute Gasteiger partial charge is 0.336 e. The van der Waals surface area contributed by atoms with Crippen LogP contribution >= 0.6 is 12.4 Å². The molecule has 29 heavy (non-hydrogen) atoms. The van der Waals surface area contributed by atoms with Crippen molar-refractivity contribution in [1.29, 1.82) is 0 Å². The number of aryl methyl sites for hydroxylation is 1. The quantitative estimate of drug-likeness (QED) is 0.755. The molecular weight excluding hydrogens is 390 g/mol. The molecule has 1 aromatic carbocycles. The van der Waals surface area contributed by atoms with Crippen molar-refractivity contribution in [3.63, 3.8) is 0 Å². The van der Waals surface area contributed by atoms with E-state index < -0.39 is 0 Å². The number of aromatic nitrogens is 2. The molecule has 2 atom stereocenters. The zero-order valence-corrected chi connectivity index (χ0v) is 17.6. The number of hydrogen-bond donors (Lipinski definition) is 2. The Morgan fingerprint density at radius 3 is 2.55 bits per heavy atom. The summed E-state index contributed by atoms with van der Waals surface area (Å²) in [6.45, 7) is 3.70. The summed E-state index contributed by atoms with van der Waals surface area (Å²) in [6, 6.07) is 8.20. The minimum absolute atomic E-state index is 0. The highest BCUT2D eigenvalue weighted by molar-refractivity contribution is 5.93. The number of nitrogens with one attached hydrogen (secondary N) is 2. The predicted octanol–water partition coefficient (Wildman–Crippen LogP) is 2.29. The van der Waals surface area contributed by atoms with E-state index in [1.807, 2.05) is 48.6 Å². The molecule has 1 aliphatic heterocycles. The van der Waals surface area contributed by atoms with E-state index in [9.17, 15) is 9.59 Å². The van der Waals surface area contributed by atoms with Crippen LogP contribution in [0.3, 0.4) is 0 Å². The van der Waals surface area contributed by atoms with Gasteiger partial charge in [-0.15, -0.1) is 12.4 Å². The Kier molecular flexibility index (Phi) is 6.59. The van der Waals surface area contributed by atoms with E-state index >= 15 is 0 Å². The van der Waals surface area contributed by atoms with Crippen molar-refractivity contribution in [2.45, 2.75) is 38.3 Å². The molecule has 0 unspecified atom stereocenters. The lowest BCUT2D eigenvalue weighted by Gasteiger charge is -2.21. The van der Waals surface area contributed by atoms with Gasteiger partial charge in [0.1, 0.15) is 0 Å². The second-order valence-corrected chi connectivity index (χ2v) is 7.88. The van der Waals surface area contributed by atoms with E-state index in [4.69, 9.17) is 0 Å². The van der Waals surface area contributed by atoms with Gasteiger partial charge in [0.05, 0.1) is 12.1 Å². The molecule has 0 bridgehead atoms. The molecule has 156 valence electrons. The molecule has 2 N–H and O–H groups in total. The van der Waals surface area contributed by atoms with Crippen LogP contribution in [0.5, 0.6) is 0 Å². The van der Waals surface area contributed by atoms with Gasteiger partial charge in [0.25, 0.3) is 0 Å². The molecule has 8 heteroatoms. The normalized spacial score (nSPS) is 20.8. The van der Waals surface area contributed by atoms with Crippen molar-refractivity contribution in [1.82, 2.24) is 20.0 Å². The summed E-state index contributed by atoms with van der Waals surface area (Å²) in [5, 5.41) is 10.6. The number of amides is 2. The predicted molar refractivity (Wildman–Crippen MR) is 114 cm³/mol. The van der Waals surface area contributed by atoms with Crippen molar-refractivity contribution in [3.05, 3.63) is 47.8 Å². The Morgan fingerprint density at radius 2 is 1.97 bits per heavy atom. The molecule has 0 spiro atoms. The zero-order valence-electron chi connectivity index (χ0n) is 16.8.